The van der Waals surface area contributed by atoms with Crippen molar-refractivity contribution < 1.29 is 4.79 Å². The van der Waals surface area contributed by atoms with E-state index in [1.165, 1.54) is 0 Å². The Morgan fingerprint density at radius 3 is 2.72 bits per heavy atom. The van der Waals surface area contributed by atoms with Crippen molar-refractivity contribution >= 4 is 17.1 Å². The highest BCUT2D eigenvalue weighted by atomic mass is 16.2. The number of pyridine rings is 1. The lowest BCUT2D eigenvalue weighted by atomic mass is 10.2. The Labute approximate surface area is 145 Å². The van der Waals surface area contributed by atoms with Crippen molar-refractivity contribution in [1.29, 1.82) is 0 Å². The van der Waals surface area contributed by atoms with Crippen LogP contribution < -0.4 is 10.9 Å². The number of hydrogen-bond acceptors (Lipinski definition) is 4. The zero-order chi connectivity index (χ0) is 17.6. The summed E-state index contributed by atoms with van der Waals surface area (Å²) in [5, 5.41) is 2.77. The van der Waals surface area contributed by atoms with E-state index < -0.39 is 11.5 Å². The standard InChI is InChI=1S/C19H20N4O2/c1-2-3-12-23-17-15(10-7-11-20-17)22-16(19(23)25)18(24)21-13-14-8-5-4-6-9-14/h4-11H,2-3,12-13H2,1H3,(H,21,24). The molecule has 3 rings (SSSR count). The lowest BCUT2D eigenvalue weighted by molar-refractivity contribution is 0.0944. The molecule has 128 valence electrons. The van der Waals surface area contributed by atoms with Gasteiger partial charge in [0.15, 0.2) is 11.3 Å². The third-order valence-corrected chi connectivity index (χ3v) is 3.95. The van der Waals surface area contributed by atoms with Crippen LogP contribution in [0, 0.1) is 0 Å². The van der Waals surface area contributed by atoms with Crippen LogP contribution in [0.15, 0.2) is 53.5 Å². The molecule has 3 aromatic rings. The number of benzene rings is 1. The number of rotatable bonds is 6. The van der Waals surface area contributed by atoms with Crippen molar-refractivity contribution in [3.63, 3.8) is 0 Å². The maximum Gasteiger partial charge on any atom is 0.283 e. The van der Waals surface area contributed by atoms with Crippen LogP contribution in [0.25, 0.3) is 11.2 Å². The van der Waals surface area contributed by atoms with Crippen molar-refractivity contribution in [2.45, 2.75) is 32.9 Å². The van der Waals surface area contributed by atoms with Gasteiger partial charge in [-0.2, -0.15) is 0 Å². The van der Waals surface area contributed by atoms with E-state index in [9.17, 15) is 9.59 Å². The van der Waals surface area contributed by atoms with E-state index in [4.69, 9.17) is 0 Å². The second kappa shape index (κ2) is 7.70. The largest absolute Gasteiger partial charge is 0.346 e. The molecule has 0 radical (unpaired) electrons. The van der Waals surface area contributed by atoms with Gasteiger partial charge in [-0.15, -0.1) is 0 Å². The minimum Gasteiger partial charge on any atom is -0.346 e. The van der Waals surface area contributed by atoms with Crippen LogP contribution >= 0.6 is 0 Å². The first-order chi connectivity index (χ1) is 12.2. The molecule has 0 fully saturated rings. The van der Waals surface area contributed by atoms with Gasteiger partial charge in [0, 0.05) is 19.3 Å². The van der Waals surface area contributed by atoms with Gasteiger partial charge in [0.1, 0.15) is 5.52 Å². The van der Waals surface area contributed by atoms with Gasteiger partial charge in [0.2, 0.25) is 0 Å². The Balaban J connectivity index is 1.93. The summed E-state index contributed by atoms with van der Waals surface area (Å²) in [6.07, 6.45) is 3.40. The van der Waals surface area contributed by atoms with Crippen LogP contribution in [0.5, 0.6) is 0 Å². The van der Waals surface area contributed by atoms with E-state index in [0.717, 1.165) is 18.4 Å². The van der Waals surface area contributed by atoms with Crippen molar-refractivity contribution in [1.82, 2.24) is 19.9 Å². The first kappa shape index (κ1) is 16.8. The molecule has 2 aromatic heterocycles. The molecule has 0 unspecified atom stereocenters. The zero-order valence-electron chi connectivity index (χ0n) is 14.1. The Kier molecular flexibility index (Phi) is 5.18. The molecule has 6 nitrogen and oxygen atoms in total. The monoisotopic (exact) mass is 336 g/mol. The highest BCUT2D eigenvalue weighted by Gasteiger charge is 2.17. The molecule has 0 bridgehead atoms. The number of hydrogen-bond donors (Lipinski definition) is 1. The number of nitrogens with one attached hydrogen (secondary N) is 1. The van der Waals surface area contributed by atoms with Gasteiger partial charge in [-0.25, -0.2) is 9.97 Å². The number of carbonyl (C=O) groups is 1. The molecule has 0 aliphatic rings. The number of fused-ring (bicyclic) bond motifs is 1. The number of nitrogens with zero attached hydrogens (tertiary/aromatic N) is 3. The summed E-state index contributed by atoms with van der Waals surface area (Å²) in [7, 11) is 0. The molecule has 2 heterocycles. The molecule has 0 aliphatic carbocycles. The van der Waals surface area contributed by atoms with E-state index in [0.29, 0.717) is 24.3 Å². The van der Waals surface area contributed by atoms with Crippen molar-refractivity contribution in [2.24, 2.45) is 0 Å². The predicted octanol–water partition coefficient (Wildman–Crippen LogP) is 2.52. The van der Waals surface area contributed by atoms with Crippen LogP contribution in [-0.2, 0) is 13.1 Å². The molecular weight excluding hydrogens is 316 g/mol. The highest BCUT2D eigenvalue weighted by Crippen LogP contribution is 2.08. The molecular formula is C19H20N4O2. The fourth-order valence-electron chi connectivity index (χ4n) is 2.61. The Morgan fingerprint density at radius 2 is 1.96 bits per heavy atom. The van der Waals surface area contributed by atoms with Crippen molar-refractivity contribution in [2.75, 3.05) is 0 Å². The van der Waals surface area contributed by atoms with Gasteiger partial charge >= 0.3 is 0 Å². The summed E-state index contributed by atoms with van der Waals surface area (Å²) in [4.78, 5) is 33.7. The second-order valence-electron chi connectivity index (χ2n) is 5.79. The molecule has 0 saturated heterocycles. The number of amides is 1. The van der Waals surface area contributed by atoms with Crippen molar-refractivity contribution in [3.05, 3.63) is 70.3 Å². The molecule has 6 heteroatoms. The fraction of sp³-hybridized carbons (Fsp3) is 0.263. The first-order valence-electron chi connectivity index (χ1n) is 8.38. The molecule has 1 N–H and O–H groups in total. The molecule has 0 atom stereocenters. The summed E-state index contributed by atoms with van der Waals surface area (Å²) in [6.45, 7) is 2.92. The molecule has 1 amide bonds. The maximum atomic E-state index is 12.7. The summed E-state index contributed by atoms with van der Waals surface area (Å²) < 4.78 is 1.54. The normalized spacial score (nSPS) is 10.8. The van der Waals surface area contributed by atoms with Gasteiger partial charge < -0.3 is 5.32 Å². The third-order valence-electron chi connectivity index (χ3n) is 3.95. The zero-order valence-corrected chi connectivity index (χ0v) is 14.1. The number of unbranched alkanes of at least 4 members (excludes halogenated alkanes) is 1. The Bertz CT molecular complexity index is 935. The molecule has 0 spiro atoms. The lowest BCUT2D eigenvalue weighted by Crippen LogP contribution is -2.34. The first-order valence-corrected chi connectivity index (χ1v) is 8.38. The average molecular weight is 336 g/mol. The molecule has 0 saturated carbocycles. The summed E-state index contributed by atoms with van der Waals surface area (Å²) >= 11 is 0. The van der Waals surface area contributed by atoms with Crippen LogP contribution in [0.4, 0.5) is 0 Å². The van der Waals surface area contributed by atoms with E-state index in [1.54, 1.807) is 22.9 Å². The topological polar surface area (TPSA) is 76.9 Å². The predicted molar refractivity (Wildman–Crippen MR) is 96.3 cm³/mol. The van der Waals surface area contributed by atoms with E-state index in [1.807, 2.05) is 30.3 Å². The van der Waals surface area contributed by atoms with Crippen LogP contribution in [0.1, 0.15) is 35.8 Å². The van der Waals surface area contributed by atoms with Gasteiger partial charge in [0.05, 0.1) is 0 Å². The minimum atomic E-state index is -0.468. The molecule has 1 aromatic carbocycles. The van der Waals surface area contributed by atoms with Crippen molar-refractivity contribution in [3.8, 4) is 0 Å². The molecule has 0 aliphatic heterocycles. The Hall–Kier alpha value is -3.02. The number of aryl methyl sites for hydroxylation is 1. The Morgan fingerprint density at radius 1 is 1.16 bits per heavy atom. The maximum absolute atomic E-state index is 12.7. The lowest BCUT2D eigenvalue weighted by Gasteiger charge is -2.11. The van der Waals surface area contributed by atoms with E-state index in [2.05, 4.69) is 22.2 Å². The van der Waals surface area contributed by atoms with Gasteiger partial charge in [-0.05, 0) is 24.1 Å². The van der Waals surface area contributed by atoms with Gasteiger partial charge in [-0.3, -0.25) is 14.2 Å². The number of carbonyl (C=O) groups excluding carboxylic acids is 1. The van der Waals surface area contributed by atoms with Gasteiger partial charge in [0.25, 0.3) is 11.5 Å². The SMILES string of the molecule is CCCCn1c(=O)c(C(=O)NCc2ccccc2)nc2cccnc21. The van der Waals surface area contributed by atoms with E-state index in [-0.39, 0.29) is 5.69 Å². The quantitative estimate of drug-likeness (QED) is 0.750. The summed E-state index contributed by atoms with van der Waals surface area (Å²) in [5.74, 6) is -0.468. The summed E-state index contributed by atoms with van der Waals surface area (Å²) in [5.41, 5.74) is 1.53. The second-order valence-corrected chi connectivity index (χ2v) is 5.79. The van der Waals surface area contributed by atoms with Crippen LogP contribution in [0.3, 0.4) is 0 Å². The smallest absolute Gasteiger partial charge is 0.283 e. The third kappa shape index (κ3) is 3.74. The highest BCUT2D eigenvalue weighted by molar-refractivity contribution is 5.93. The van der Waals surface area contributed by atoms with Crippen LogP contribution in [-0.4, -0.2) is 20.4 Å². The van der Waals surface area contributed by atoms with E-state index >= 15 is 0 Å². The average Bonchev–Trinajstić information content (AvgIpc) is 2.66. The van der Waals surface area contributed by atoms with Crippen LogP contribution in [0.2, 0.25) is 0 Å². The molecule has 25 heavy (non-hydrogen) atoms. The van der Waals surface area contributed by atoms with Gasteiger partial charge in [-0.1, -0.05) is 43.7 Å². The fourth-order valence-corrected chi connectivity index (χ4v) is 2.61. The summed E-state index contributed by atoms with van der Waals surface area (Å²) in [6, 6.07) is 13.1. The number of aromatic nitrogens is 3. The minimum absolute atomic E-state index is 0.0902.